The molecule has 5 rings (SSSR count). The summed E-state index contributed by atoms with van der Waals surface area (Å²) in [4.78, 5) is 32.5. The van der Waals surface area contributed by atoms with Crippen LogP contribution in [-0.4, -0.2) is 45.2 Å². The number of thioether (sulfide) groups is 1. The van der Waals surface area contributed by atoms with Crippen molar-refractivity contribution in [3.8, 4) is 11.5 Å². The molecule has 2 aromatic heterocycles. The standard InChI is InChI=1S/C32H32N4O5S2/c1-3-5-9-18-41-24-13-12-23(19-25(24)40-4-2)27-26(28(37)22-14-16-33-17-15-22)29(38)30(39)36(27)31-34-35-32(43-31)42-20-21-10-7-6-8-11-21/h6-8,10-17,19,27,37H,3-5,9,18,20H2,1-2H3/b28-26+. The Kier molecular flexibility index (Phi) is 10.1. The molecule has 43 heavy (non-hydrogen) atoms. The van der Waals surface area contributed by atoms with Crippen LogP contribution in [0, 0.1) is 0 Å². The van der Waals surface area contributed by atoms with E-state index < -0.39 is 17.7 Å². The molecule has 0 spiro atoms. The fourth-order valence-corrected chi connectivity index (χ4v) is 6.53. The van der Waals surface area contributed by atoms with Crippen LogP contribution in [0.2, 0.25) is 0 Å². The van der Waals surface area contributed by atoms with Gasteiger partial charge in [-0.15, -0.1) is 10.2 Å². The number of benzene rings is 2. The average molecular weight is 617 g/mol. The Morgan fingerprint density at radius 3 is 2.51 bits per heavy atom. The lowest BCUT2D eigenvalue weighted by Gasteiger charge is -2.23. The number of aromatic nitrogens is 3. The average Bonchev–Trinajstić information content (AvgIpc) is 3.61. The van der Waals surface area contributed by atoms with Gasteiger partial charge in [0.05, 0.1) is 24.8 Å². The van der Waals surface area contributed by atoms with Crippen molar-refractivity contribution in [3.63, 3.8) is 0 Å². The minimum absolute atomic E-state index is 0.0519. The van der Waals surface area contributed by atoms with Gasteiger partial charge in [-0.05, 0) is 48.7 Å². The van der Waals surface area contributed by atoms with Crippen LogP contribution < -0.4 is 14.4 Å². The van der Waals surface area contributed by atoms with Crippen molar-refractivity contribution in [2.75, 3.05) is 18.1 Å². The van der Waals surface area contributed by atoms with Crippen LogP contribution in [0.15, 0.2) is 83.0 Å². The number of unbranched alkanes of at least 4 members (excludes halogenated alkanes) is 2. The maximum Gasteiger partial charge on any atom is 0.301 e. The van der Waals surface area contributed by atoms with Crippen LogP contribution in [-0.2, 0) is 15.3 Å². The van der Waals surface area contributed by atoms with Crippen molar-refractivity contribution in [3.05, 3.63) is 95.3 Å². The van der Waals surface area contributed by atoms with E-state index in [1.807, 2.05) is 37.3 Å². The SMILES string of the molecule is CCCCCOc1ccc(C2/C(=C(\O)c3ccncc3)C(=O)C(=O)N2c2nnc(SCc3ccccc3)s2)cc1OCC. The minimum Gasteiger partial charge on any atom is -0.507 e. The van der Waals surface area contributed by atoms with Gasteiger partial charge < -0.3 is 14.6 Å². The van der Waals surface area contributed by atoms with E-state index in [4.69, 9.17) is 9.47 Å². The van der Waals surface area contributed by atoms with Crippen molar-refractivity contribution in [2.45, 2.75) is 49.2 Å². The Labute approximate surface area is 258 Å². The molecule has 1 saturated heterocycles. The molecule has 0 aliphatic carbocycles. The van der Waals surface area contributed by atoms with Gasteiger partial charge in [-0.1, -0.05) is 79.3 Å². The topological polar surface area (TPSA) is 115 Å². The number of carbonyl (C=O) groups excluding carboxylic acids is 2. The molecule has 0 bridgehead atoms. The lowest BCUT2D eigenvalue weighted by Crippen LogP contribution is -2.29. The normalized spacial score (nSPS) is 16.0. The van der Waals surface area contributed by atoms with E-state index in [1.54, 1.807) is 30.3 Å². The summed E-state index contributed by atoms with van der Waals surface area (Å²) in [5.41, 5.74) is 2.01. The molecule has 1 aliphatic heterocycles. The summed E-state index contributed by atoms with van der Waals surface area (Å²) >= 11 is 2.72. The Bertz CT molecular complexity index is 1590. The highest BCUT2D eigenvalue weighted by Crippen LogP contribution is 2.45. The number of hydrogen-bond donors (Lipinski definition) is 1. The first-order chi connectivity index (χ1) is 21.0. The Morgan fingerprint density at radius 2 is 1.77 bits per heavy atom. The van der Waals surface area contributed by atoms with Gasteiger partial charge in [0.2, 0.25) is 5.13 Å². The number of ether oxygens (including phenoxy) is 2. The second-order valence-corrected chi connectivity index (χ2v) is 11.9. The molecule has 2 aromatic carbocycles. The van der Waals surface area contributed by atoms with Crippen molar-refractivity contribution in [1.29, 1.82) is 0 Å². The molecule has 4 aromatic rings. The van der Waals surface area contributed by atoms with Gasteiger partial charge in [0.15, 0.2) is 15.8 Å². The van der Waals surface area contributed by atoms with Crippen molar-refractivity contribution >= 4 is 45.7 Å². The fourth-order valence-electron chi connectivity index (χ4n) is 4.70. The summed E-state index contributed by atoms with van der Waals surface area (Å²) < 4.78 is 12.6. The van der Waals surface area contributed by atoms with Gasteiger partial charge in [0, 0.05) is 23.7 Å². The van der Waals surface area contributed by atoms with Crippen molar-refractivity contribution in [2.24, 2.45) is 0 Å². The number of Topliss-reactive ketones (excluding diaryl/α,β-unsaturated/α-hetero) is 1. The molecular formula is C32H32N4O5S2. The fraction of sp³-hybridized carbons (Fsp3) is 0.281. The smallest absolute Gasteiger partial charge is 0.301 e. The van der Waals surface area contributed by atoms with Crippen LogP contribution in [0.1, 0.15) is 55.8 Å². The van der Waals surface area contributed by atoms with E-state index in [-0.39, 0.29) is 16.5 Å². The zero-order valence-corrected chi connectivity index (χ0v) is 25.6. The third-order valence-corrected chi connectivity index (χ3v) is 8.92. The largest absolute Gasteiger partial charge is 0.507 e. The molecule has 11 heteroatoms. The van der Waals surface area contributed by atoms with Gasteiger partial charge in [-0.25, -0.2) is 0 Å². The summed E-state index contributed by atoms with van der Waals surface area (Å²) in [5, 5.41) is 20.2. The van der Waals surface area contributed by atoms with E-state index >= 15 is 0 Å². The minimum atomic E-state index is -0.971. The molecule has 1 fully saturated rings. The lowest BCUT2D eigenvalue weighted by atomic mass is 9.95. The highest BCUT2D eigenvalue weighted by molar-refractivity contribution is 8.00. The maximum absolute atomic E-state index is 13.6. The first-order valence-electron chi connectivity index (χ1n) is 14.1. The molecule has 0 saturated carbocycles. The second-order valence-electron chi connectivity index (χ2n) is 9.72. The molecule has 1 N–H and O–H groups in total. The monoisotopic (exact) mass is 616 g/mol. The summed E-state index contributed by atoms with van der Waals surface area (Å²) in [6, 6.07) is 17.5. The zero-order valence-electron chi connectivity index (χ0n) is 23.9. The summed E-state index contributed by atoms with van der Waals surface area (Å²) in [5.74, 6) is -0.169. The van der Waals surface area contributed by atoms with Gasteiger partial charge in [-0.2, -0.15) is 0 Å². The Morgan fingerprint density at radius 1 is 0.977 bits per heavy atom. The zero-order chi connectivity index (χ0) is 30.2. The number of aliphatic hydroxyl groups excluding tert-OH is 1. The van der Waals surface area contributed by atoms with Crippen LogP contribution in [0.25, 0.3) is 5.76 Å². The molecule has 1 atom stereocenters. The number of amides is 1. The lowest BCUT2D eigenvalue weighted by molar-refractivity contribution is -0.132. The van der Waals surface area contributed by atoms with Crippen LogP contribution in [0.5, 0.6) is 11.5 Å². The molecule has 1 aliphatic rings. The quantitative estimate of drug-likeness (QED) is 0.0431. The number of ketones is 1. The van der Waals surface area contributed by atoms with Gasteiger partial charge in [0.25, 0.3) is 5.78 Å². The molecule has 1 amide bonds. The molecule has 222 valence electrons. The number of hydrogen-bond acceptors (Lipinski definition) is 10. The van der Waals surface area contributed by atoms with Crippen LogP contribution in [0.4, 0.5) is 5.13 Å². The number of nitrogens with zero attached hydrogens (tertiary/aromatic N) is 4. The third-order valence-electron chi connectivity index (χ3n) is 6.79. The van der Waals surface area contributed by atoms with Gasteiger partial charge >= 0.3 is 5.91 Å². The molecule has 1 unspecified atom stereocenters. The molecule has 9 nitrogen and oxygen atoms in total. The van der Waals surface area contributed by atoms with E-state index in [2.05, 4.69) is 22.1 Å². The number of aliphatic hydroxyl groups is 1. The van der Waals surface area contributed by atoms with Crippen LogP contribution in [0.3, 0.4) is 0 Å². The first-order valence-corrected chi connectivity index (χ1v) is 15.9. The second kappa shape index (κ2) is 14.3. The summed E-state index contributed by atoms with van der Waals surface area (Å²) in [6.07, 6.45) is 6.07. The maximum atomic E-state index is 13.6. The number of carbonyl (C=O) groups is 2. The van der Waals surface area contributed by atoms with E-state index in [1.165, 1.54) is 40.4 Å². The molecule has 0 radical (unpaired) electrons. The van der Waals surface area contributed by atoms with Crippen molar-refractivity contribution < 1.29 is 24.2 Å². The van der Waals surface area contributed by atoms with Crippen LogP contribution >= 0.6 is 23.1 Å². The highest BCUT2D eigenvalue weighted by Gasteiger charge is 2.48. The van der Waals surface area contributed by atoms with E-state index in [9.17, 15) is 14.7 Å². The van der Waals surface area contributed by atoms with Gasteiger partial charge in [-0.3, -0.25) is 19.5 Å². The molecular weight excluding hydrogens is 585 g/mol. The summed E-state index contributed by atoms with van der Waals surface area (Å²) in [6.45, 7) is 4.94. The number of rotatable bonds is 13. The predicted molar refractivity (Wildman–Crippen MR) is 168 cm³/mol. The number of anilines is 1. The highest BCUT2D eigenvalue weighted by atomic mass is 32.2. The van der Waals surface area contributed by atoms with E-state index in [0.29, 0.717) is 45.9 Å². The Hall–Kier alpha value is -4.22. The van der Waals surface area contributed by atoms with Gasteiger partial charge in [0.1, 0.15) is 5.76 Å². The van der Waals surface area contributed by atoms with Crippen molar-refractivity contribution in [1.82, 2.24) is 15.2 Å². The number of pyridine rings is 1. The predicted octanol–water partition coefficient (Wildman–Crippen LogP) is 6.82. The summed E-state index contributed by atoms with van der Waals surface area (Å²) in [7, 11) is 0. The van der Waals surface area contributed by atoms with E-state index in [0.717, 1.165) is 24.8 Å². The first kappa shape index (κ1) is 30.2. The molecule has 3 heterocycles. The Balaban J connectivity index is 1.54. The third kappa shape index (κ3) is 6.89.